The second-order valence-corrected chi connectivity index (χ2v) is 5.33. The summed E-state index contributed by atoms with van der Waals surface area (Å²) in [5, 5.41) is 14.0. The van der Waals surface area contributed by atoms with Crippen molar-refractivity contribution in [1.82, 2.24) is 9.97 Å². The van der Waals surface area contributed by atoms with E-state index in [1.54, 1.807) is 43.5 Å². The maximum absolute atomic E-state index is 11.2. The van der Waals surface area contributed by atoms with Gasteiger partial charge in [0, 0.05) is 25.4 Å². The molecule has 2 aromatic heterocycles. The third kappa shape index (κ3) is 5.52. The van der Waals surface area contributed by atoms with Crippen LogP contribution in [0.15, 0.2) is 60.5 Å². The van der Waals surface area contributed by atoms with Gasteiger partial charge < -0.3 is 10.1 Å². The highest BCUT2D eigenvalue weighted by atomic mass is 16.6. The van der Waals surface area contributed by atoms with Crippen molar-refractivity contribution >= 4 is 17.5 Å². The molecular weight excluding hydrogens is 336 g/mol. The van der Waals surface area contributed by atoms with E-state index in [0.29, 0.717) is 11.4 Å². The molecule has 0 saturated carbocycles. The van der Waals surface area contributed by atoms with Crippen molar-refractivity contribution in [2.45, 2.75) is 13.8 Å². The zero-order chi connectivity index (χ0) is 18.9. The lowest BCUT2D eigenvalue weighted by Crippen LogP contribution is -2.01. The number of ether oxygens (including phenoxy) is 1. The normalized spacial score (nSPS) is 11.4. The van der Waals surface area contributed by atoms with Gasteiger partial charge >= 0.3 is 11.7 Å². The van der Waals surface area contributed by atoms with E-state index in [1.807, 2.05) is 6.07 Å². The molecule has 8 heteroatoms. The number of hydrogen-bond donors (Lipinski definition) is 1. The van der Waals surface area contributed by atoms with Crippen LogP contribution < -0.4 is 5.32 Å². The molecule has 0 aliphatic heterocycles. The predicted molar refractivity (Wildman–Crippen MR) is 97.3 cm³/mol. The van der Waals surface area contributed by atoms with Crippen molar-refractivity contribution < 1.29 is 14.5 Å². The number of carbonyl (C=O) groups is 1. The summed E-state index contributed by atoms with van der Waals surface area (Å²) in [6, 6.07) is 8.30. The standard InChI is InChI=1S/C18H18N4O4/c1-13(12-26-14(2)23)6-5-11-20-18-17(22(24)25)9-8-16(21-18)15-7-3-4-10-19-15/h3-11H,12H2,1-2H3,(H,20,21)/b11-5+,13-6+. The van der Waals surface area contributed by atoms with Crippen LogP contribution in [0.1, 0.15) is 13.8 Å². The highest BCUT2D eigenvalue weighted by Gasteiger charge is 2.16. The summed E-state index contributed by atoms with van der Waals surface area (Å²) in [5.74, 6) is -0.244. The Morgan fingerprint density at radius 3 is 2.73 bits per heavy atom. The van der Waals surface area contributed by atoms with Crippen LogP contribution in [-0.2, 0) is 9.53 Å². The van der Waals surface area contributed by atoms with Gasteiger partial charge in [0.15, 0.2) is 0 Å². The second-order valence-electron chi connectivity index (χ2n) is 5.33. The predicted octanol–water partition coefficient (Wildman–Crippen LogP) is 3.49. The number of carbonyl (C=O) groups excluding carboxylic acids is 1. The number of nitrogens with zero attached hydrogens (tertiary/aromatic N) is 3. The minimum Gasteiger partial charge on any atom is -0.461 e. The summed E-state index contributed by atoms with van der Waals surface area (Å²) in [6.45, 7) is 3.33. The Hall–Kier alpha value is -3.55. The molecule has 2 aromatic rings. The van der Waals surface area contributed by atoms with Gasteiger partial charge in [-0.05, 0) is 36.8 Å². The fourth-order valence-corrected chi connectivity index (χ4v) is 1.97. The smallest absolute Gasteiger partial charge is 0.311 e. The summed E-state index contributed by atoms with van der Waals surface area (Å²) in [5.41, 5.74) is 1.82. The molecule has 0 spiro atoms. The van der Waals surface area contributed by atoms with Crippen LogP contribution in [0.25, 0.3) is 11.4 Å². The second kappa shape index (κ2) is 9.07. The molecule has 0 aromatic carbocycles. The number of esters is 1. The van der Waals surface area contributed by atoms with Crippen molar-refractivity contribution in [3.8, 4) is 11.4 Å². The first-order valence-corrected chi connectivity index (χ1v) is 7.76. The minimum absolute atomic E-state index is 0.112. The van der Waals surface area contributed by atoms with E-state index >= 15 is 0 Å². The number of anilines is 1. The molecule has 0 amide bonds. The Labute approximate surface area is 150 Å². The summed E-state index contributed by atoms with van der Waals surface area (Å²) < 4.78 is 4.86. The molecular formula is C18H18N4O4. The molecule has 2 heterocycles. The molecule has 0 unspecified atom stereocenters. The lowest BCUT2D eigenvalue weighted by Gasteiger charge is -2.05. The molecule has 0 radical (unpaired) electrons. The summed E-state index contributed by atoms with van der Waals surface area (Å²) in [7, 11) is 0. The van der Waals surface area contributed by atoms with Gasteiger partial charge in [-0.25, -0.2) is 4.98 Å². The monoisotopic (exact) mass is 354 g/mol. The van der Waals surface area contributed by atoms with Gasteiger partial charge in [0.25, 0.3) is 0 Å². The van der Waals surface area contributed by atoms with Crippen LogP contribution in [-0.4, -0.2) is 27.5 Å². The van der Waals surface area contributed by atoms with E-state index in [-0.39, 0.29) is 24.1 Å². The maximum atomic E-state index is 11.2. The zero-order valence-electron chi connectivity index (χ0n) is 14.4. The largest absolute Gasteiger partial charge is 0.461 e. The van der Waals surface area contributed by atoms with E-state index < -0.39 is 4.92 Å². The molecule has 0 saturated heterocycles. The van der Waals surface area contributed by atoms with Gasteiger partial charge in [0.2, 0.25) is 5.82 Å². The first kappa shape index (κ1) is 18.8. The molecule has 0 fully saturated rings. The number of nitro groups is 1. The number of pyridine rings is 2. The van der Waals surface area contributed by atoms with Gasteiger partial charge in [-0.2, -0.15) is 0 Å². The third-order valence-electron chi connectivity index (χ3n) is 3.20. The molecule has 0 aliphatic carbocycles. The Balaban J connectivity index is 2.16. The number of nitrogens with one attached hydrogen (secondary N) is 1. The van der Waals surface area contributed by atoms with Gasteiger partial charge in [-0.1, -0.05) is 12.1 Å². The molecule has 0 atom stereocenters. The molecule has 2 rings (SSSR count). The van der Waals surface area contributed by atoms with E-state index in [4.69, 9.17) is 4.74 Å². The topological polar surface area (TPSA) is 107 Å². The van der Waals surface area contributed by atoms with Gasteiger partial charge in [-0.15, -0.1) is 0 Å². The minimum atomic E-state index is -0.507. The van der Waals surface area contributed by atoms with E-state index in [9.17, 15) is 14.9 Å². The summed E-state index contributed by atoms with van der Waals surface area (Å²) in [6.07, 6.45) is 6.53. The van der Waals surface area contributed by atoms with Crippen molar-refractivity contribution in [1.29, 1.82) is 0 Å². The average molecular weight is 354 g/mol. The van der Waals surface area contributed by atoms with Crippen LogP contribution in [0.2, 0.25) is 0 Å². The Morgan fingerprint density at radius 2 is 2.08 bits per heavy atom. The van der Waals surface area contributed by atoms with Crippen molar-refractivity contribution in [2.24, 2.45) is 0 Å². The van der Waals surface area contributed by atoms with Gasteiger partial charge in [0.05, 0.1) is 16.3 Å². The maximum Gasteiger partial charge on any atom is 0.311 e. The number of allylic oxidation sites excluding steroid dienone is 2. The van der Waals surface area contributed by atoms with Crippen molar-refractivity contribution in [3.63, 3.8) is 0 Å². The average Bonchev–Trinajstić information content (AvgIpc) is 2.64. The fraction of sp³-hybridized carbons (Fsp3) is 0.167. The number of hydrogen-bond acceptors (Lipinski definition) is 7. The molecule has 0 bridgehead atoms. The molecule has 26 heavy (non-hydrogen) atoms. The van der Waals surface area contributed by atoms with Crippen molar-refractivity contribution in [3.05, 3.63) is 70.6 Å². The summed E-state index contributed by atoms with van der Waals surface area (Å²) >= 11 is 0. The van der Waals surface area contributed by atoms with Crippen molar-refractivity contribution in [2.75, 3.05) is 11.9 Å². The van der Waals surface area contributed by atoms with Crippen LogP contribution in [0, 0.1) is 10.1 Å². The SMILES string of the molecule is CC(=O)OC/C(C)=C/C=C/Nc1nc(-c2ccccn2)ccc1[N+](=O)[O-]. The quantitative estimate of drug-likeness (QED) is 0.351. The molecule has 134 valence electrons. The molecule has 8 nitrogen and oxygen atoms in total. The first-order chi connectivity index (χ1) is 12.5. The Bertz CT molecular complexity index is 848. The highest BCUT2D eigenvalue weighted by molar-refractivity contribution is 5.66. The Morgan fingerprint density at radius 1 is 1.27 bits per heavy atom. The van der Waals surface area contributed by atoms with Crippen LogP contribution >= 0.6 is 0 Å². The van der Waals surface area contributed by atoms with Crippen LogP contribution in [0.5, 0.6) is 0 Å². The number of aromatic nitrogens is 2. The lowest BCUT2D eigenvalue weighted by atomic mass is 10.2. The molecule has 1 N–H and O–H groups in total. The van der Waals surface area contributed by atoms with Gasteiger partial charge in [-0.3, -0.25) is 19.9 Å². The van der Waals surface area contributed by atoms with Gasteiger partial charge in [0.1, 0.15) is 6.61 Å². The van der Waals surface area contributed by atoms with Crippen LogP contribution in [0.3, 0.4) is 0 Å². The Kier molecular flexibility index (Phi) is 6.55. The third-order valence-corrected chi connectivity index (χ3v) is 3.20. The lowest BCUT2D eigenvalue weighted by molar-refractivity contribution is -0.384. The highest BCUT2D eigenvalue weighted by Crippen LogP contribution is 2.25. The van der Waals surface area contributed by atoms with E-state index in [2.05, 4.69) is 15.3 Å². The van der Waals surface area contributed by atoms with Crippen LogP contribution in [0.4, 0.5) is 11.5 Å². The fourth-order valence-electron chi connectivity index (χ4n) is 1.97. The summed E-state index contributed by atoms with van der Waals surface area (Å²) in [4.78, 5) is 29.9. The number of rotatable bonds is 7. The molecule has 0 aliphatic rings. The zero-order valence-corrected chi connectivity index (χ0v) is 14.4. The van der Waals surface area contributed by atoms with E-state index in [1.165, 1.54) is 19.2 Å². The van der Waals surface area contributed by atoms with E-state index in [0.717, 1.165) is 5.57 Å². The first-order valence-electron chi connectivity index (χ1n) is 7.76.